The van der Waals surface area contributed by atoms with Crippen molar-refractivity contribution in [3.63, 3.8) is 0 Å². The van der Waals surface area contributed by atoms with Gasteiger partial charge < -0.3 is 20.6 Å². The van der Waals surface area contributed by atoms with Crippen molar-refractivity contribution >= 4 is 39.9 Å². The number of hydrogen-bond donors (Lipinski definition) is 3. The van der Waals surface area contributed by atoms with Gasteiger partial charge in [-0.1, -0.05) is 6.42 Å². The number of hydrogen-bond acceptors (Lipinski definition) is 6. The van der Waals surface area contributed by atoms with Crippen LogP contribution in [0.3, 0.4) is 0 Å². The standard InChI is InChI=1S/C20H23FIN5O3/c1-26-17(28)9-15(24-14-6-5-12(22)8-13(14)21)18(25-26)19(29)27-10-20(30,11-27)16-4-2-3-7-23-16/h5-6,8-9,16,23-24,30H,2-4,7,10-11H2,1H3/t16-/m0/s1. The maximum absolute atomic E-state index is 14.3. The fraction of sp³-hybridized carbons (Fsp3) is 0.450. The Bertz CT molecular complexity index is 1030. The zero-order chi connectivity index (χ0) is 21.5. The number of benzene rings is 1. The van der Waals surface area contributed by atoms with E-state index in [0.717, 1.165) is 34.1 Å². The Morgan fingerprint density at radius 3 is 2.77 bits per heavy atom. The molecule has 1 atom stereocenters. The number of anilines is 2. The maximum atomic E-state index is 14.3. The van der Waals surface area contributed by atoms with Gasteiger partial charge in [0.05, 0.1) is 24.5 Å². The molecule has 2 fully saturated rings. The Balaban J connectivity index is 1.57. The fourth-order valence-corrected chi connectivity index (χ4v) is 4.42. The summed E-state index contributed by atoms with van der Waals surface area (Å²) in [5.41, 5.74) is -1.10. The number of carbonyl (C=O) groups is 1. The summed E-state index contributed by atoms with van der Waals surface area (Å²) >= 11 is 2.00. The number of nitrogens with one attached hydrogen (secondary N) is 2. The second-order valence-corrected chi connectivity index (χ2v) is 9.13. The first-order valence-electron chi connectivity index (χ1n) is 9.82. The van der Waals surface area contributed by atoms with E-state index in [2.05, 4.69) is 15.7 Å². The molecule has 0 unspecified atom stereocenters. The zero-order valence-corrected chi connectivity index (χ0v) is 18.6. The quantitative estimate of drug-likeness (QED) is 0.523. The van der Waals surface area contributed by atoms with Gasteiger partial charge in [0.15, 0.2) is 5.69 Å². The van der Waals surface area contributed by atoms with Crippen LogP contribution in [0.4, 0.5) is 15.8 Å². The van der Waals surface area contributed by atoms with Crippen molar-refractivity contribution < 1.29 is 14.3 Å². The van der Waals surface area contributed by atoms with Gasteiger partial charge in [-0.2, -0.15) is 5.10 Å². The smallest absolute Gasteiger partial charge is 0.276 e. The van der Waals surface area contributed by atoms with Crippen molar-refractivity contribution in [1.29, 1.82) is 0 Å². The van der Waals surface area contributed by atoms with E-state index in [1.165, 1.54) is 24.1 Å². The molecule has 0 spiro atoms. The Morgan fingerprint density at radius 1 is 1.33 bits per heavy atom. The molecule has 0 bridgehead atoms. The highest BCUT2D eigenvalue weighted by Gasteiger charge is 2.50. The van der Waals surface area contributed by atoms with Crippen molar-refractivity contribution in [3.05, 3.63) is 49.7 Å². The predicted molar refractivity (Wildman–Crippen MR) is 118 cm³/mol. The molecule has 8 nitrogen and oxygen atoms in total. The normalized spacial score (nSPS) is 20.5. The minimum Gasteiger partial charge on any atom is -0.385 e. The van der Waals surface area contributed by atoms with Gasteiger partial charge in [0.1, 0.15) is 11.4 Å². The number of amides is 1. The number of nitrogens with zero attached hydrogens (tertiary/aromatic N) is 3. The third-order valence-electron chi connectivity index (χ3n) is 5.67. The number of piperidine rings is 1. The van der Waals surface area contributed by atoms with Gasteiger partial charge in [0, 0.05) is 22.7 Å². The summed E-state index contributed by atoms with van der Waals surface area (Å²) in [5, 5.41) is 21.1. The van der Waals surface area contributed by atoms with Gasteiger partial charge in [0.25, 0.3) is 11.5 Å². The molecule has 10 heteroatoms. The monoisotopic (exact) mass is 527 g/mol. The van der Waals surface area contributed by atoms with Crippen molar-refractivity contribution in [1.82, 2.24) is 20.0 Å². The largest absolute Gasteiger partial charge is 0.385 e. The molecule has 3 N–H and O–H groups in total. The van der Waals surface area contributed by atoms with E-state index in [4.69, 9.17) is 0 Å². The van der Waals surface area contributed by atoms with E-state index in [9.17, 15) is 19.1 Å². The lowest BCUT2D eigenvalue weighted by Gasteiger charge is -2.51. The summed E-state index contributed by atoms with van der Waals surface area (Å²) in [6, 6.07) is 5.80. The first-order chi connectivity index (χ1) is 14.3. The van der Waals surface area contributed by atoms with E-state index >= 15 is 0 Å². The summed E-state index contributed by atoms with van der Waals surface area (Å²) in [4.78, 5) is 26.7. The fourth-order valence-electron chi connectivity index (χ4n) is 3.97. The predicted octanol–water partition coefficient (Wildman–Crippen LogP) is 1.60. The number of aromatic nitrogens is 2. The number of aryl methyl sites for hydroxylation is 1. The molecule has 160 valence electrons. The molecule has 30 heavy (non-hydrogen) atoms. The highest BCUT2D eigenvalue weighted by Crippen LogP contribution is 2.31. The summed E-state index contributed by atoms with van der Waals surface area (Å²) in [6.07, 6.45) is 3.00. The molecule has 2 aliphatic rings. The number of rotatable bonds is 4. The Hall–Kier alpha value is -2.05. The molecule has 0 aliphatic carbocycles. The number of likely N-dealkylation sites (tertiary alicyclic amines) is 1. The average Bonchev–Trinajstić information content (AvgIpc) is 2.70. The van der Waals surface area contributed by atoms with Crippen LogP contribution in [0.5, 0.6) is 0 Å². The lowest BCUT2D eigenvalue weighted by molar-refractivity contribution is -0.108. The van der Waals surface area contributed by atoms with Crippen LogP contribution in [0.2, 0.25) is 0 Å². The molecular formula is C20H23FIN5O3. The van der Waals surface area contributed by atoms with Gasteiger partial charge >= 0.3 is 0 Å². The molecule has 1 aromatic carbocycles. The van der Waals surface area contributed by atoms with E-state index < -0.39 is 22.9 Å². The topological polar surface area (TPSA) is 99.5 Å². The SMILES string of the molecule is Cn1nc(C(=O)N2CC(O)([C@@H]3CCCCN3)C2)c(Nc2ccc(I)cc2F)cc1=O. The van der Waals surface area contributed by atoms with Crippen LogP contribution in [-0.2, 0) is 7.05 Å². The molecule has 0 saturated carbocycles. The number of carbonyl (C=O) groups excluding carboxylic acids is 1. The van der Waals surface area contributed by atoms with Crippen LogP contribution >= 0.6 is 22.6 Å². The molecule has 2 aliphatic heterocycles. The molecular weight excluding hydrogens is 504 g/mol. The minimum atomic E-state index is -0.966. The van der Waals surface area contributed by atoms with E-state index in [1.807, 2.05) is 22.6 Å². The van der Waals surface area contributed by atoms with Crippen LogP contribution in [-0.4, -0.2) is 57.0 Å². The summed E-state index contributed by atoms with van der Waals surface area (Å²) in [5.74, 6) is -0.915. The second kappa shape index (κ2) is 8.23. The second-order valence-electron chi connectivity index (χ2n) is 7.88. The summed E-state index contributed by atoms with van der Waals surface area (Å²) < 4.78 is 16.1. The van der Waals surface area contributed by atoms with Gasteiger partial charge in [-0.3, -0.25) is 9.59 Å². The van der Waals surface area contributed by atoms with Gasteiger partial charge in [-0.05, 0) is 60.2 Å². The zero-order valence-electron chi connectivity index (χ0n) is 16.5. The van der Waals surface area contributed by atoms with Crippen LogP contribution in [0.15, 0.2) is 29.1 Å². The first-order valence-corrected chi connectivity index (χ1v) is 10.9. The summed E-state index contributed by atoms with van der Waals surface area (Å²) in [7, 11) is 1.45. The first kappa shape index (κ1) is 21.2. The Kier molecular flexibility index (Phi) is 5.82. The molecule has 2 saturated heterocycles. The lowest BCUT2D eigenvalue weighted by Crippen LogP contribution is -2.72. The van der Waals surface area contributed by atoms with Crippen LogP contribution in [0.1, 0.15) is 29.8 Å². The number of β-amino-alcohol motifs (C(OH)–C–C–N with tert-alkyl or cyclic N) is 1. The molecule has 3 heterocycles. The summed E-state index contributed by atoms with van der Waals surface area (Å²) in [6.45, 7) is 1.23. The van der Waals surface area contributed by atoms with Crippen LogP contribution in [0, 0.1) is 9.39 Å². The Morgan fingerprint density at radius 2 is 2.10 bits per heavy atom. The van der Waals surface area contributed by atoms with Crippen molar-refractivity contribution in [3.8, 4) is 0 Å². The van der Waals surface area contributed by atoms with Crippen molar-refractivity contribution in [2.24, 2.45) is 7.05 Å². The van der Waals surface area contributed by atoms with Gasteiger partial charge in [0.2, 0.25) is 0 Å². The van der Waals surface area contributed by atoms with Gasteiger partial charge in [-0.15, -0.1) is 0 Å². The van der Waals surface area contributed by atoms with E-state index in [1.54, 1.807) is 12.1 Å². The Labute approximate surface area is 186 Å². The molecule has 2 aromatic rings. The molecule has 4 rings (SSSR count). The highest BCUT2D eigenvalue weighted by molar-refractivity contribution is 14.1. The van der Waals surface area contributed by atoms with Crippen LogP contribution in [0.25, 0.3) is 0 Å². The minimum absolute atomic E-state index is 0.00806. The van der Waals surface area contributed by atoms with Crippen molar-refractivity contribution in [2.45, 2.75) is 30.9 Å². The average molecular weight is 527 g/mol. The van der Waals surface area contributed by atoms with Gasteiger partial charge in [-0.25, -0.2) is 9.07 Å². The van der Waals surface area contributed by atoms with Crippen molar-refractivity contribution in [2.75, 3.05) is 25.0 Å². The molecule has 0 radical (unpaired) electrons. The molecule has 1 amide bonds. The van der Waals surface area contributed by atoms with E-state index in [-0.39, 0.29) is 36.2 Å². The highest BCUT2D eigenvalue weighted by atomic mass is 127. The number of halogens is 2. The number of aliphatic hydroxyl groups is 1. The molecule has 1 aromatic heterocycles. The third-order valence-corrected chi connectivity index (χ3v) is 6.34. The van der Waals surface area contributed by atoms with Crippen LogP contribution < -0.4 is 16.2 Å². The lowest BCUT2D eigenvalue weighted by atomic mass is 9.81. The third kappa shape index (κ3) is 4.08. The maximum Gasteiger partial charge on any atom is 0.276 e. The van der Waals surface area contributed by atoms with E-state index in [0.29, 0.717) is 0 Å².